The highest BCUT2D eigenvalue weighted by molar-refractivity contribution is 7.88. The van der Waals surface area contributed by atoms with Crippen molar-refractivity contribution < 1.29 is 17.9 Å². The first-order chi connectivity index (χ1) is 14.0. The van der Waals surface area contributed by atoms with Gasteiger partial charge in [0.25, 0.3) is 0 Å². The second-order valence-corrected chi connectivity index (χ2v) is 10.2. The highest BCUT2D eigenvalue weighted by Crippen LogP contribution is 2.27. The van der Waals surface area contributed by atoms with E-state index >= 15 is 0 Å². The van der Waals surface area contributed by atoms with Gasteiger partial charge in [-0.3, -0.25) is 9.69 Å². The van der Waals surface area contributed by atoms with Gasteiger partial charge in [-0.1, -0.05) is 30.3 Å². The highest BCUT2D eigenvalue weighted by atomic mass is 32.2. The summed E-state index contributed by atoms with van der Waals surface area (Å²) in [5, 5.41) is 0. The van der Waals surface area contributed by atoms with Crippen LogP contribution in [0.3, 0.4) is 0 Å². The molecule has 3 heterocycles. The largest absolute Gasteiger partial charge is 0.381 e. The van der Waals surface area contributed by atoms with Gasteiger partial charge in [-0.15, -0.1) is 0 Å². The molecule has 3 aliphatic rings. The van der Waals surface area contributed by atoms with E-state index in [1.54, 1.807) is 0 Å². The van der Waals surface area contributed by atoms with Crippen LogP contribution in [0.25, 0.3) is 0 Å². The fourth-order valence-electron chi connectivity index (χ4n) is 4.78. The van der Waals surface area contributed by atoms with Gasteiger partial charge in [-0.2, -0.15) is 4.31 Å². The number of hydrogen-bond acceptors (Lipinski definition) is 5. The molecule has 0 bridgehead atoms. The summed E-state index contributed by atoms with van der Waals surface area (Å²) in [5.74, 6) is 0.191. The summed E-state index contributed by atoms with van der Waals surface area (Å²) in [7, 11) is -3.36. The zero-order valence-corrected chi connectivity index (χ0v) is 17.7. The van der Waals surface area contributed by atoms with E-state index in [1.807, 2.05) is 35.2 Å². The smallest absolute Gasteiger partial charge is 0.240 e. The van der Waals surface area contributed by atoms with Crippen molar-refractivity contribution in [2.45, 2.75) is 43.5 Å². The minimum atomic E-state index is -3.36. The standard InChI is InChI=1S/C21H31N3O4S/c25-21(20-7-4-10-24(20)19-8-15-28-16-9-19)22-11-13-23(14-12-22)29(26,27)17-18-5-2-1-3-6-18/h1-3,5-6,19-20H,4,7-17H2/t20-/m0/s1. The Morgan fingerprint density at radius 2 is 1.66 bits per heavy atom. The molecule has 4 rings (SSSR count). The predicted molar refractivity (Wildman–Crippen MR) is 111 cm³/mol. The molecule has 0 unspecified atom stereocenters. The number of amides is 1. The lowest BCUT2D eigenvalue weighted by Crippen LogP contribution is -2.56. The third kappa shape index (κ3) is 4.82. The molecule has 3 fully saturated rings. The number of ether oxygens (including phenoxy) is 1. The average molecular weight is 422 g/mol. The van der Waals surface area contributed by atoms with E-state index in [0.717, 1.165) is 51.0 Å². The molecule has 160 valence electrons. The zero-order chi connectivity index (χ0) is 20.3. The van der Waals surface area contributed by atoms with E-state index in [2.05, 4.69) is 4.90 Å². The van der Waals surface area contributed by atoms with Gasteiger partial charge in [-0.05, 0) is 37.8 Å². The van der Waals surface area contributed by atoms with Crippen molar-refractivity contribution in [3.8, 4) is 0 Å². The Kier molecular flexibility index (Phi) is 6.53. The van der Waals surface area contributed by atoms with E-state index in [1.165, 1.54) is 4.31 Å². The van der Waals surface area contributed by atoms with Crippen molar-refractivity contribution in [3.05, 3.63) is 35.9 Å². The van der Waals surface area contributed by atoms with Gasteiger partial charge >= 0.3 is 0 Å². The summed E-state index contributed by atoms with van der Waals surface area (Å²) in [6.45, 7) is 4.25. The zero-order valence-electron chi connectivity index (χ0n) is 16.9. The first-order valence-electron chi connectivity index (χ1n) is 10.7. The number of piperazine rings is 1. The highest BCUT2D eigenvalue weighted by Gasteiger charge is 2.39. The minimum absolute atomic E-state index is 0.0158. The number of nitrogens with zero attached hydrogens (tertiary/aromatic N) is 3. The monoisotopic (exact) mass is 421 g/mol. The van der Waals surface area contributed by atoms with Crippen molar-refractivity contribution in [2.75, 3.05) is 45.9 Å². The Morgan fingerprint density at radius 3 is 2.34 bits per heavy atom. The quantitative estimate of drug-likeness (QED) is 0.717. The summed E-state index contributed by atoms with van der Waals surface area (Å²) in [6.07, 6.45) is 3.95. The van der Waals surface area contributed by atoms with Gasteiger partial charge in [-0.25, -0.2) is 8.42 Å². The number of carbonyl (C=O) groups is 1. The Labute approximate surface area is 173 Å². The third-order valence-corrected chi connectivity index (χ3v) is 8.22. The van der Waals surface area contributed by atoms with Crippen LogP contribution in [-0.4, -0.2) is 86.5 Å². The molecule has 29 heavy (non-hydrogen) atoms. The summed E-state index contributed by atoms with van der Waals surface area (Å²) in [4.78, 5) is 17.4. The van der Waals surface area contributed by atoms with E-state index in [9.17, 15) is 13.2 Å². The lowest BCUT2D eigenvalue weighted by atomic mass is 10.1. The summed E-state index contributed by atoms with van der Waals surface area (Å²) in [5.41, 5.74) is 0.795. The number of carbonyl (C=O) groups excluding carboxylic acids is 1. The Balaban J connectivity index is 1.33. The van der Waals surface area contributed by atoms with E-state index in [0.29, 0.717) is 32.2 Å². The van der Waals surface area contributed by atoms with Gasteiger partial charge in [0.1, 0.15) is 0 Å². The second kappa shape index (κ2) is 9.12. The summed E-state index contributed by atoms with van der Waals surface area (Å²) in [6, 6.07) is 9.65. The summed E-state index contributed by atoms with van der Waals surface area (Å²) < 4.78 is 32.5. The molecule has 0 radical (unpaired) electrons. The van der Waals surface area contributed by atoms with E-state index in [-0.39, 0.29) is 17.7 Å². The van der Waals surface area contributed by atoms with E-state index < -0.39 is 10.0 Å². The van der Waals surface area contributed by atoms with Gasteiger partial charge in [0, 0.05) is 45.4 Å². The lowest BCUT2D eigenvalue weighted by Gasteiger charge is -2.39. The van der Waals surface area contributed by atoms with Gasteiger partial charge in [0.15, 0.2) is 0 Å². The number of rotatable bonds is 5. The van der Waals surface area contributed by atoms with Gasteiger partial charge in [0.05, 0.1) is 11.8 Å². The molecule has 0 aliphatic carbocycles. The summed E-state index contributed by atoms with van der Waals surface area (Å²) >= 11 is 0. The molecule has 3 saturated heterocycles. The van der Waals surface area contributed by atoms with Crippen LogP contribution in [0, 0.1) is 0 Å². The van der Waals surface area contributed by atoms with Crippen LogP contribution in [0.4, 0.5) is 0 Å². The van der Waals surface area contributed by atoms with Crippen LogP contribution in [-0.2, 0) is 25.3 Å². The lowest BCUT2D eigenvalue weighted by molar-refractivity contribution is -0.138. The molecular formula is C21H31N3O4S. The van der Waals surface area contributed by atoms with Crippen molar-refractivity contribution in [2.24, 2.45) is 0 Å². The molecule has 0 N–H and O–H groups in total. The van der Waals surface area contributed by atoms with Crippen molar-refractivity contribution in [3.63, 3.8) is 0 Å². The van der Waals surface area contributed by atoms with Crippen LogP contribution >= 0.6 is 0 Å². The normalized spacial score (nSPS) is 25.4. The number of hydrogen-bond donors (Lipinski definition) is 0. The Hall–Kier alpha value is -1.48. The molecule has 1 amide bonds. The number of likely N-dealkylation sites (tertiary alicyclic amines) is 1. The second-order valence-electron chi connectivity index (χ2n) is 8.21. The molecule has 0 saturated carbocycles. The fraction of sp³-hybridized carbons (Fsp3) is 0.667. The molecule has 0 aromatic heterocycles. The molecule has 8 heteroatoms. The molecule has 1 aromatic rings. The molecule has 0 spiro atoms. The Morgan fingerprint density at radius 1 is 0.966 bits per heavy atom. The molecule has 1 atom stereocenters. The maximum atomic E-state index is 13.2. The first kappa shape index (κ1) is 20.8. The van der Waals surface area contributed by atoms with Crippen LogP contribution < -0.4 is 0 Å². The first-order valence-corrected chi connectivity index (χ1v) is 12.3. The van der Waals surface area contributed by atoms with Crippen molar-refractivity contribution >= 4 is 15.9 Å². The number of sulfonamides is 1. The molecule has 1 aromatic carbocycles. The van der Waals surface area contributed by atoms with E-state index in [4.69, 9.17) is 4.74 Å². The molecular weight excluding hydrogens is 390 g/mol. The number of benzene rings is 1. The predicted octanol–water partition coefficient (Wildman–Crippen LogP) is 1.30. The van der Waals surface area contributed by atoms with Crippen molar-refractivity contribution in [1.29, 1.82) is 0 Å². The minimum Gasteiger partial charge on any atom is -0.381 e. The average Bonchev–Trinajstić information content (AvgIpc) is 3.24. The van der Waals surface area contributed by atoms with Crippen LogP contribution in [0.15, 0.2) is 30.3 Å². The maximum Gasteiger partial charge on any atom is 0.240 e. The third-order valence-electron chi connectivity index (χ3n) is 6.37. The maximum absolute atomic E-state index is 13.2. The molecule has 7 nitrogen and oxygen atoms in total. The topological polar surface area (TPSA) is 70.2 Å². The van der Waals surface area contributed by atoms with Crippen LogP contribution in [0.5, 0.6) is 0 Å². The van der Waals surface area contributed by atoms with Crippen LogP contribution in [0.2, 0.25) is 0 Å². The Bertz CT molecular complexity index is 787. The SMILES string of the molecule is O=C([C@@H]1CCCN1C1CCOCC1)N1CCN(S(=O)(=O)Cc2ccccc2)CC1. The fourth-order valence-corrected chi connectivity index (χ4v) is 6.30. The molecule has 3 aliphatic heterocycles. The van der Waals surface area contributed by atoms with Gasteiger partial charge in [0.2, 0.25) is 15.9 Å². The van der Waals surface area contributed by atoms with Crippen molar-refractivity contribution in [1.82, 2.24) is 14.1 Å². The van der Waals surface area contributed by atoms with Crippen LogP contribution in [0.1, 0.15) is 31.2 Å². The van der Waals surface area contributed by atoms with Gasteiger partial charge < -0.3 is 9.64 Å².